The number of nitrogens with zero attached hydrogens (tertiary/aromatic N) is 1. The minimum atomic E-state index is -0.480. The fourth-order valence-corrected chi connectivity index (χ4v) is 2.70. The van der Waals surface area contributed by atoms with Gasteiger partial charge in [-0.25, -0.2) is 8.78 Å². The molecule has 0 unspecified atom stereocenters. The summed E-state index contributed by atoms with van der Waals surface area (Å²) in [6.07, 6.45) is 2.00. The number of hydrogen-bond donors (Lipinski definition) is 1. The fraction of sp³-hybridized carbons (Fsp3) is 0.533. The summed E-state index contributed by atoms with van der Waals surface area (Å²) in [4.78, 5) is 13.9. The summed E-state index contributed by atoms with van der Waals surface area (Å²) in [5.41, 5.74) is 6.11. The Kier molecular flexibility index (Phi) is 4.70. The Labute approximate surface area is 117 Å². The number of halogens is 2. The minimum Gasteiger partial charge on any atom is -0.340 e. The first-order chi connectivity index (χ1) is 9.47. The Morgan fingerprint density at radius 3 is 2.90 bits per heavy atom. The van der Waals surface area contributed by atoms with Gasteiger partial charge in [-0.3, -0.25) is 4.79 Å². The highest BCUT2D eigenvalue weighted by atomic mass is 19.1. The van der Waals surface area contributed by atoms with Crippen molar-refractivity contribution >= 4 is 5.91 Å². The van der Waals surface area contributed by atoms with Crippen LogP contribution in [0.1, 0.15) is 31.7 Å². The van der Waals surface area contributed by atoms with E-state index in [1.54, 1.807) is 4.90 Å². The van der Waals surface area contributed by atoms with Gasteiger partial charge >= 0.3 is 0 Å². The molecule has 110 valence electrons. The SMILES string of the molecule is C[C@@H]1C[C@H](N)CCN1C(=O)CCc1cc(F)ccc1F. The highest BCUT2D eigenvalue weighted by Gasteiger charge is 2.26. The average molecular weight is 282 g/mol. The molecule has 1 aliphatic rings. The third-order valence-electron chi connectivity index (χ3n) is 3.85. The summed E-state index contributed by atoms with van der Waals surface area (Å²) < 4.78 is 26.5. The molecule has 2 N–H and O–H groups in total. The smallest absolute Gasteiger partial charge is 0.223 e. The predicted molar refractivity (Wildman–Crippen MR) is 73.1 cm³/mol. The first-order valence-electron chi connectivity index (χ1n) is 6.96. The second-order valence-corrected chi connectivity index (χ2v) is 5.46. The number of piperidine rings is 1. The summed E-state index contributed by atoms with van der Waals surface area (Å²) in [7, 11) is 0. The van der Waals surface area contributed by atoms with Crippen LogP contribution in [0, 0.1) is 11.6 Å². The van der Waals surface area contributed by atoms with Crippen molar-refractivity contribution in [2.45, 2.75) is 44.7 Å². The van der Waals surface area contributed by atoms with Crippen molar-refractivity contribution in [3.8, 4) is 0 Å². The minimum absolute atomic E-state index is 0.0203. The molecule has 5 heteroatoms. The molecular weight excluding hydrogens is 262 g/mol. The topological polar surface area (TPSA) is 46.3 Å². The van der Waals surface area contributed by atoms with E-state index in [4.69, 9.17) is 5.73 Å². The largest absolute Gasteiger partial charge is 0.340 e. The van der Waals surface area contributed by atoms with E-state index in [0.717, 1.165) is 31.0 Å². The fourth-order valence-electron chi connectivity index (χ4n) is 2.70. The van der Waals surface area contributed by atoms with Crippen molar-refractivity contribution < 1.29 is 13.6 Å². The molecule has 1 aliphatic heterocycles. The zero-order chi connectivity index (χ0) is 14.7. The van der Waals surface area contributed by atoms with E-state index in [-0.39, 0.29) is 36.4 Å². The van der Waals surface area contributed by atoms with E-state index in [2.05, 4.69) is 0 Å². The summed E-state index contributed by atoms with van der Waals surface area (Å²) >= 11 is 0. The maximum Gasteiger partial charge on any atom is 0.223 e. The van der Waals surface area contributed by atoms with Crippen LogP contribution in [0.25, 0.3) is 0 Å². The van der Waals surface area contributed by atoms with Crippen LogP contribution in [0.2, 0.25) is 0 Å². The molecule has 1 saturated heterocycles. The van der Waals surface area contributed by atoms with Gasteiger partial charge < -0.3 is 10.6 Å². The van der Waals surface area contributed by atoms with E-state index < -0.39 is 11.6 Å². The molecule has 1 aromatic carbocycles. The molecule has 0 aliphatic carbocycles. The lowest BCUT2D eigenvalue weighted by Gasteiger charge is -2.36. The number of carbonyl (C=O) groups is 1. The average Bonchev–Trinajstić information content (AvgIpc) is 2.39. The molecule has 20 heavy (non-hydrogen) atoms. The molecule has 0 aromatic heterocycles. The molecule has 0 radical (unpaired) electrons. The normalized spacial score (nSPS) is 22.9. The van der Waals surface area contributed by atoms with Gasteiger partial charge in [-0.15, -0.1) is 0 Å². The third kappa shape index (κ3) is 3.54. The number of benzene rings is 1. The van der Waals surface area contributed by atoms with E-state index in [1.807, 2.05) is 6.92 Å². The van der Waals surface area contributed by atoms with Crippen molar-refractivity contribution in [2.24, 2.45) is 5.73 Å². The molecule has 1 heterocycles. The molecular formula is C15H20F2N2O. The van der Waals surface area contributed by atoms with Crippen molar-refractivity contribution in [2.75, 3.05) is 6.54 Å². The van der Waals surface area contributed by atoms with Gasteiger partial charge in [0, 0.05) is 25.0 Å². The van der Waals surface area contributed by atoms with Gasteiger partial charge in [-0.05, 0) is 49.9 Å². The highest BCUT2D eigenvalue weighted by molar-refractivity contribution is 5.76. The second-order valence-electron chi connectivity index (χ2n) is 5.46. The molecule has 0 bridgehead atoms. The standard InChI is InChI=1S/C15H20F2N2O/c1-10-8-13(18)6-7-19(10)15(20)5-2-11-9-12(16)3-4-14(11)17/h3-4,9-10,13H,2,5-8,18H2,1H3/t10-,13-/m1/s1. The number of amides is 1. The quantitative estimate of drug-likeness (QED) is 0.924. The van der Waals surface area contributed by atoms with Gasteiger partial charge in [0.15, 0.2) is 0 Å². The maximum absolute atomic E-state index is 13.5. The molecule has 3 nitrogen and oxygen atoms in total. The first kappa shape index (κ1) is 14.9. The summed E-state index contributed by atoms with van der Waals surface area (Å²) in [5, 5.41) is 0. The van der Waals surface area contributed by atoms with Gasteiger partial charge in [0.25, 0.3) is 0 Å². The second kappa shape index (κ2) is 6.31. The number of likely N-dealkylation sites (tertiary alicyclic amines) is 1. The van der Waals surface area contributed by atoms with Gasteiger partial charge in [0.2, 0.25) is 5.91 Å². The van der Waals surface area contributed by atoms with Crippen LogP contribution in [-0.4, -0.2) is 29.4 Å². The zero-order valence-electron chi connectivity index (χ0n) is 11.6. The van der Waals surface area contributed by atoms with E-state index in [1.165, 1.54) is 0 Å². The van der Waals surface area contributed by atoms with E-state index >= 15 is 0 Å². The van der Waals surface area contributed by atoms with Gasteiger partial charge in [0.1, 0.15) is 11.6 Å². The molecule has 1 fully saturated rings. The van der Waals surface area contributed by atoms with Crippen LogP contribution in [-0.2, 0) is 11.2 Å². The molecule has 0 spiro atoms. The monoisotopic (exact) mass is 282 g/mol. The van der Waals surface area contributed by atoms with Crippen molar-refractivity contribution in [3.05, 3.63) is 35.4 Å². The van der Waals surface area contributed by atoms with Crippen LogP contribution in [0.4, 0.5) is 8.78 Å². The Morgan fingerprint density at radius 2 is 2.20 bits per heavy atom. The van der Waals surface area contributed by atoms with Gasteiger partial charge in [-0.2, -0.15) is 0 Å². The van der Waals surface area contributed by atoms with Crippen molar-refractivity contribution in [1.82, 2.24) is 4.90 Å². The third-order valence-corrected chi connectivity index (χ3v) is 3.85. The number of aryl methyl sites for hydroxylation is 1. The number of nitrogens with two attached hydrogens (primary N) is 1. The molecule has 2 rings (SSSR count). The Balaban J connectivity index is 1.93. The Bertz CT molecular complexity index is 493. The lowest BCUT2D eigenvalue weighted by atomic mass is 9.98. The van der Waals surface area contributed by atoms with Crippen LogP contribution in [0.5, 0.6) is 0 Å². The predicted octanol–water partition coefficient (Wildman–Crippen LogP) is 2.24. The Morgan fingerprint density at radius 1 is 1.45 bits per heavy atom. The summed E-state index contributed by atoms with van der Waals surface area (Å²) in [5.74, 6) is -0.966. The lowest BCUT2D eigenvalue weighted by molar-refractivity contribution is -0.134. The van der Waals surface area contributed by atoms with Crippen molar-refractivity contribution in [1.29, 1.82) is 0 Å². The molecule has 1 aromatic rings. The van der Waals surface area contributed by atoms with Crippen LogP contribution < -0.4 is 5.73 Å². The van der Waals surface area contributed by atoms with E-state index in [9.17, 15) is 13.6 Å². The Hall–Kier alpha value is -1.49. The van der Waals surface area contributed by atoms with Gasteiger partial charge in [-0.1, -0.05) is 0 Å². The highest BCUT2D eigenvalue weighted by Crippen LogP contribution is 2.18. The van der Waals surface area contributed by atoms with Crippen LogP contribution >= 0.6 is 0 Å². The first-order valence-corrected chi connectivity index (χ1v) is 6.96. The molecule has 1 amide bonds. The lowest BCUT2D eigenvalue weighted by Crippen LogP contribution is -2.48. The summed E-state index contributed by atoms with van der Waals surface area (Å²) in [6.45, 7) is 2.62. The van der Waals surface area contributed by atoms with E-state index in [0.29, 0.717) is 6.54 Å². The maximum atomic E-state index is 13.5. The number of hydrogen-bond acceptors (Lipinski definition) is 2. The molecule has 2 atom stereocenters. The summed E-state index contributed by atoms with van der Waals surface area (Å²) in [6, 6.07) is 3.59. The van der Waals surface area contributed by atoms with Gasteiger partial charge in [0.05, 0.1) is 0 Å². The zero-order valence-corrected chi connectivity index (χ0v) is 11.6. The van der Waals surface area contributed by atoms with Crippen LogP contribution in [0.3, 0.4) is 0 Å². The number of carbonyl (C=O) groups excluding carboxylic acids is 1. The van der Waals surface area contributed by atoms with Crippen molar-refractivity contribution in [3.63, 3.8) is 0 Å². The van der Waals surface area contributed by atoms with Crippen LogP contribution in [0.15, 0.2) is 18.2 Å². The molecule has 0 saturated carbocycles. The number of rotatable bonds is 3.